The van der Waals surface area contributed by atoms with E-state index in [4.69, 9.17) is 14.6 Å². The minimum absolute atomic E-state index is 0.0778. The van der Waals surface area contributed by atoms with E-state index in [9.17, 15) is 14.4 Å². The highest BCUT2D eigenvalue weighted by Crippen LogP contribution is 2.58. The minimum atomic E-state index is -1.05. The summed E-state index contributed by atoms with van der Waals surface area (Å²) < 4.78 is 11.6. The fourth-order valence-electron chi connectivity index (χ4n) is 6.20. The van der Waals surface area contributed by atoms with Crippen LogP contribution < -0.4 is 15.4 Å². The average molecular weight is 508 g/mol. The number of hydrogen-bond acceptors (Lipinski definition) is 6. The zero-order valence-electron chi connectivity index (χ0n) is 20.9. The molecule has 9 heteroatoms. The van der Waals surface area contributed by atoms with Crippen molar-refractivity contribution < 1.29 is 29.0 Å². The number of para-hydroxylation sites is 1. The number of likely N-dealkylation sites (tertiary alicyclic amines) is 1. The molecule has 0 aromatic heterocycles. The van der Waals surface area contributed by atoms with Gasteiger partial charge in [-0.3, -0.25) is 14.4 Å². The fourth-order valence-corrected chi connectivity index (χ4v) is 6.20. The number of rotatable bonds is 10. The smallest absolute Gasteiger partial charge is 0.250 e. The molecule has 3 aliphatic rings. The Morgan fingerprint density at radius 2 is 1.73 bits per heavy atom. The molecule has 196 valence electrons. The Bertz CT molecular complexity index is 1140. The Kier molecular flexibility index (Phi) is 7.17. The van der Waals surface area contributed by atoms with Gasteiger partial charge >= 0.3 is 0 Å². The minimum Gasteiger partial charge on any atom is -0.497 e. The van der Waals surface area contributed by atoms with Gasteiger partial charge in [0.15, 0.2) is 0 Å². The molecule has 0 radical (unpaired) electrons. The number of aliphatic hydroxyl groups is 1. The molecule has 0 aliphatic carbocycles. The molecule has 2 unspecified atom stereocenters. The fraction of sp³-hybridized carbons (Fsp3) is 0.464. The van der Waals surface area contributed by atoms with Gasteiger partial charge in [0, 0.05) is 24.5 Å². The lowest BCUT2D eigenvalue weighted by Gasteiger charge is -2.33. The zero-order chi connectivity index (χ0) is 26.0. The SMILES string of the molecule is COc1ccc(NC(=O)C2N(CCCCCO)C(=O)[C@@H]3[C@@H](C(=O)Nc4ccccc4)[C@H]4CCC23O4)cc1. The van der Waals surface area contributed by atoms with Crippen molar-refractivity contribution in [3.05, 3.63) is 54.6 Å². The van der Waals surface area contributed by atoms with E-state index in [1.54, 1.807) is 48.4 Å². The number of methoxy groups -OCH3 is 1. The van der Waals surface area contributed by atoms with Crippen LogP contribution >= 0.6 is 0 Å². The second-order valence-electron chi connectivity index (χ2n) is 9.94. The summed E-state index contributed by atoms with van der Waals surface area (Å²) in [4.78, 5) is 42.6. The van der Waals surface area contributed by atoms with Gasteiger partial charge in [0.05, 0.1) is 25.0 Å². The molecule has 9 nitrogen and oxygen atoms in total. The van der Waals surface area contributed by atoms with Crippen molar-refractivity contribution >= 4 is 29.1 Å². The molecule has 3 amide bonds. The molecule has 0 saturated carbocycles. The molecule has 5 atom stereocenters. The number of anilines is 2. The van der Waals surface area contributed by atoms with Crippen LogP contribution in [0.5, 0.6) is 5.75 Å². The summed E-state index contributed by atoms with van der Waals surface area (Å²) in [6, 6.07) is 15.3. The molecule has 2 bridgehead atoms. The Morgan fingerprint density at radius 1 is 1.03 bits per heavy atom. The highest BCUT2D eigenvalue weighted by molar-refractivity contribution is 6.05. The van der Waals surface area contributed by atoms with E-state index in [0.717, 1.165) is 6.42 Å². The van der Waals surface area contributed by atoms with E-state index in [1.165, 1.54) is 0 Å². The topological polar surface area (TPSA) is 117 Å². The molecule has 3 saturated heterocycles. The number of amides is 3. The lowest BCUT2D eigenvalue weighted by Crippen LogP contribution is -2.53. The first kappa shape index (κ1) is 25.2. The molecular weight excluding hydrogens is 474 g/mol. The van der Waals surface area contributed by atoms with E-state index in [2.05, 4.69) is 10.6 Å². The van der Waals surface area contributed by atoms with Crippen molar-refractivity contribution in [1.82, 2.24) is 4.90 Å². The first-order chi connectivity index (χ1) is 18.0. The van der Waals surface area contributed by atoms with Crippen molar-refractivity contribution in [3.63, 3.8) is 0 Å². The van der Waals surface area contributed by atoms with E-state index in [-0.39, 0.29) is 24.3 Å². The van der Waals surface area contributed by atoms with Gasteiger partial charge < -0.3 is 30.1 Å². The molecule has 3 heterocycles. The number of benzene rings is 2. The van der Waals surface area contributed by atoms with Gasteiger partial charge in [-0.15, -0.1) is 0 Å². The second-order valence-corrected chi connectivity index (χ2v) is 9.94. The van der Waals surface area contributed by atoms with Crippen molar-refractivity contribution in [1.29, 1.82) is 0 Å². The molecule has 2 aromatic rings. The Morgan fingerprint density at radius 3 is 2.43 bits per heavy atom. The van der Waals surface area contributed by atoms with E-state index in [0.29, 0.717) is 49.4 Å². The lowest BCUT2D eigenvalue weighted by atomic mass is 9.70. The number of carbonyl (C=O) groups is 3. The number of hydrogen-bond donors (Lipinski definition) is 3. The van der Waals surface area contributed by atoms with Crippen molar-refractivity contribution in [2.24, 2.45) is 11.8 Å². The van der Waals surface area contributed by atoms with Crippen molar-refractivity contribution in [2.75, 3.05) is 30.9 Å². The highest BCUT2D eigenvalue weighted by Gasteiger charge is 2.74. The maximum atomic E-state index is 13.9. The first-order valence-corrected chi connectivity index (χ1v) is 12.9. The molecule has 5 rings (SSSR count). The van der Waals surface area contributed by atoms with Crippen LogP contribution in [0, 0.1) is 11.8 Å². The van der Waals surface area contributed by atoms with Crippen LogP contribution in [0.3, 0.4) is 0 Å². The quantitative estimate of drug-likeness (QED) is 0.426. The molecule has 3 aliphatic heterocycles. The van der Waals surface area contributed by atoms with Crippen LogP contribution in [0.15, 0.2) is 54.6 Å². The van der Waals surface area contributed by atoms with Gasteiger partial charge in [-0.1, -0.05) is 18.2 Å². The zero-order valence-corrected chi connectivity index (χ0v) is 20.9. The van der Waals surface area contributed by atoms with Gasteiger partial charge in [0.1, 0.15) is 17.4 Å². The van der Waals surface area contributed by atoms with Crippen LogP contribution in [-0.2, 0) is 19.1 Å². The number of carbonyl (C=O) groups excluding carboxylic acids is 3. The van der Waals surface area contributed by atoms with Gasteiger partial charge in [-0.05, 0) is 68.5 Å². The molecule has 37 heavy (non-hydrogen) atoms. The number of aliphatic hydroxyl groups excluding tert-OH is 1. The third kappa shape index (κ3) is 4.57. The van der Waals surface area contributed by atoms with Gasteiger partial charge in [0.2, 0.25) is 17.7 Å². The van der Waals surface area contributed by atoms with Crippen LogP contribution in [0.25, 0.3) is 0 Å². The summed E-state index contributed by atoms with van der Waals surface area (Å²) >= 11 is 0. The number of fused-ring (bicyclic) bond motifs is 1. The summed E-state index contributed by atoms with van der Waals surface area (Å²) in [5, 5.41) is 15.1. The maximum Gasteiger partial charge on any atom is 0.250 e. The summed E-state index contributed by atoms with van der Waals surface area (Å²) in [6.45, 7) is 0.438. The summed E-state index contributed by atoms with van der Waals surface area (Å²) in [5.74, 6) is -1.52. The first-order valence-electron chi connectivity index (χ1n) is 12.9. The predicted octanol–water partition coefficient (Wildman–Crippen LogP) is 2.81. The van der Waals surface area contributed by atoms with E-state index >= 15 is 0 Å². The van der Waals surface area contributed by atoms with E-state index < -0.39 is 29.6 Å². The summed E-state index contributed by atoms with van der Waals surface area (Å²) in [6.07, 6.45) is 2.74. The van der Waals surface area contributed by atoms with Crippen LogP contribution in [0.1, 0.15) is 32.1 Å². The number of nitrogens with zero attached hydrogens (tertiary/aromatic N) is 1. The van der Waals surface area contributed by atoms with Crippen LogP contribution in [0.4, 0.5) is 11.4 Å². The molecular formula is C28H33N3O6. The second kappa shape index (κ2) is 10.5. The van der Waals surface area contributed by atoms with E-state index in [1.807, 2.05) is 18.2 Å². The number of nitrogens with one attached hydrogen (secondary N) is 2. The third-order valence-electron chi connectivity index (χ3n) is 7.81. The van der Waals surface area contributed by atoms with Crippen LogP contribution in [0.2, 0.25) is 0 Å². The number of ether oxygens (including phenoxy) is 2. The Hall–Kier alpha value is -3.43. The van der Waals surface area contributed by atoms with Crippen molar-refractivity contribution in [3.8, 4) is 5.75 Å². The standard InChI is InChI=1S/C28H33N3O6/c1-36-20-12-10-19(11-13-20)30-26(34)24-28-15-14-21(37-28)22(25(33)29-18-8-4-2-5-9-18)23(28)27(35)31(24)16-6-3-7-17-32/h2,4-5,8-13,21-24,32H,3,6-7,14-17H2,1H3,(H,29,33)(H,30,34)/t21-,22+,23+,24?,28?/m1/s1. The van der Waals surface area contributed by atoms with Gasteiger partial charge in [-0.2, -0.15) is 0 Å². The Labute approximate surface area is 216 Å². The average Bonchev–Trinajstić information content (AvgIpc) is 3.55. The normalized spacial score (nSPS) is 27.7. The monoisotopic (exact) mass is 507 g/mol. The predicted molar refractivity (Wildman–Crippen MR) is 137 cm³/mol. The van der Waals surface area contributed by atoms with Gasteiger partial charge in [0.25, 0.3) is 0 Å². The van der Waals surface area contributed by atoms with Crippen LogP contribution in [-0.4, -0.2) is 65.7 Å². The molecule has 1 spiro atoms. The van der Waals surface area contributed by atoms with Crippen molar-refractivity contribution in [2.45, 2.75) is 49.9 Å². The lowest BCUT2D eigenvalue weighted by molar-refractivity contribution is -0.139. The highest BCUT2D eigenvalue weighted by atomic mass is 16.5. The third-order valence-corrected chi connectivity index (χ3v) is 7.81. The number of unbranched alkanes of at least 4 members (excludes halogenated alkanes) is 2. The largest absolute Gasteiger partial charge is 0.497 e. The van der Waals surface area contributed by atoms with Gasteiger partial charge in [-0.25, -0.2) is 0 Å². The molecule has 3 N–H and O–H groups in total. The molecule has 2 aromatic carbocycles. The molecule has 3 fully saturated rings. The Balaban J connectivity index is 1.42. The summed E-state index contributed by atoms with van der Waals surface area (Å²) in [7, 11) is 1.57. The summed E-state index contributed by atoms with van der Waals surface area (Å²) in [5.41, 5.74) is 0.196. The maximum absolute atomic E-state index is 13.9.